The number of pyridine rings is 1. The maximum Gasteiger partial charge on any atom is 0.148 e. The summed E-state index contributed by atoms with van der Waals surface area (Å²) in [5, 5.41) is 6.34. The second kappa shape index (κ2) is 13.7. The van der Waals surface area contributed by atoms with Gasteiger partial charge in [0.2, 0.25) is 0 Å². The van der Waals surface area contributed by atoms with E-state index in [0.717, 1.165) is 56.1 Å². The Morgan fingerprint density at radius 3 is 1.95 bits per heavy atom. The second-order valence-corrected chi connectivity index (χ2v) is 16.0. The van der Waals surface area contributed by atoms with Crippen molar-refractivity contribution in [3.63, 3.8) is 0 Å². The Morgan fingerprint density at radius 1 is 0.569 bits per heavy atom. The van der Waals surface area contributed by atoms with E-state index in [1.165, 1.54) is 33.2 Å². The Bertz CT molecular complexity index is 2970. The molecule has 0 radical (unpaired) electrons. The number of anilines is 4. The van der Waals surface area contributed by atoms with Gasteiger partial charge in [-0.05, 0) is 81.1 Å². The van der Waals surface area contributed by atoms with E-state index in [1.54, 1.807) is 0 Å². The molecule has 5 nitrogen and oxygen atoms in total. The number of aromatic nitrogens is 2. The Kier molecular flexibility index (Phi) is 8.52. The molecule has 7 aromatic carbocycles. The number of para-hydroxylation sites is 4. The summed E-state index contributed by atoms with van der Waals surface area (Å²) in [6, 6.07) is 68.4. The number of nitrogens with zero attached hydrogens (tertiary/aromatic N) is 4. The van der Waals surface area contributed by atoms with Crippen molar-refractivity contribution in [1.82, 2.24) is 9.55 Å². The molecule has 58 heavy (non-hydrogen) atoms. The van der Waals surface area contributed by atoms with Gasteiger partial charge in [0.05, 0.1) is 0 Å². The van der Waals surface area contributed by atoms with Gasteiger partial charge in [0.15, 0.2) is 0 Å². The summed E-state index contributed by atoms with van der Waals surface area (Å²) in [5.41, 5.74) is 13.3. The maximum atomic E-state index is 5.20. The quantitative estimate of drug-likeness (QED) is 0.127. The number of benzene rings is 7. The van der Waals surface area contributed by atoms with Gasteiger partial charge in [-0.25, -0.2) is 4.98 Å². The van der Waals surface area contributed by atoms with Crippen LogP contribution in [0, 0.1) is 12.1 Å². The van der Waals surface area contributed by atoms with Gasteiger partial charge in [0.25, 0.3) is 0 Å². The van der Waals surface area contributed by atoms with Gasteiger partial charge in [-0.1, -0.05) is 128 Å². The molecule has 3 heterocycles. The first-order valence-electron chi connectivity index (χ1n) is 19.5. The van der Waals surface area contributed by atoms with E-state index in [4.69, 9.17) is 9.92 Å². The molecule has 0 amide bonds. The standard InChI is InChI=1S/C52H38N4O.Pt/c1-51(2,3)35-30-31-53-50(34-35)54-46-25-12-9-22-42(46)43-29-28-37(33-49(43)54)52(44-23-10-7-20-40(44)41-21-8-11-24-45(41)52)36-16-15-19-39(32-36)56-48-27-14-13-26-47(48)55(57-56)38-17-5-4-6-18-38;/h4-31,34H,1-3H3;/q-2;/p+1. The molecule has 11 rings (SSSR count). The SMILES string of the molecule is CC(C)(C)c1ccnc(-n2c3[c-]c(C4(c5[c-]c(N6[OH+]N(c7ccccc7)c7ccccc76)ccc5)c5ccccc5-c5ccccc54)ccc3c3ccccc32)c1.[Pt]. The molecule has 0 saturated carbocycles. The Labute approximate surface area is 353 Å². The first-order valence-corrected chi connectivity index (χ1v) is 19.5. The molecule has 0 bridgehead atoms. The third-order valence-electron chi connectivity index (χ3n) is 11.7. The van der Waals surface area contributed by atoms with Crippen LogP contribution in [0.1, 0.15) is 48.6 Å². The molecule has 284 valence electrons. The van der Waals surface area contributed by atoms with Crippen molar-refractivity contribution in [1.29, 1.82) is 0 Å². The Balaban J connectivity index is 0.00000408. The minimum Gasteiger partial charge on any atom is -0.319 e. The van der Waals surface area contributed by atoms with E-state index in [1.807, 2.05) is 34.5 Å². The molecular weight excluding hydrogens is 892 g/mol. The Hall–Kier alpha value is -6.26. The van der Waals surface area contributed by atoms with E-state index < -0.39 is 5.41 Å². The molecule has 1 aliphatic carbocycles. The third-order valence-corrected chi connectivity index (χ3v) is 11.7. The van der Waals surface area contributed by atoms with Crippen LogP contribution >= 0.6 is 0 Å². The molecular formula is C52H39N4OPt-. The summed E-state index contributed by atoms with van der Waals surface area (Å²) in [7, 11) is 0. The molecule has 0 unspecified atom stereocenters. The van der Waals surface area contributed by atoms with Crippen LogP contribution in [-0.2, 0) is 31.9 Å². The van der Waals surface area contributed by atoms with Crippen LogP contribution in [-0.4, -0.2) is 14.5 Å². The predicted molar refractivity (Wildman–Crippen MR) is 231 cm³/mol. The smallest absolute Gasteiger partial charge is 0.148 e. The van der Waals surface area contributed by atoms with E-state index in [0.29, 0.717) is 0 Å². The molecule has 0 saturated heterocycles. The van der Waals surface area contributed by atoms with Gasteiger partial charge < -0.3 is 4.57 Å². The Morgan fingerprint density at radius 2 is 1.21 bits per heavy atom. The van der Waals surface area contributed by atoms with Crippen LogP contribution in [0.25, 0.3) is 38.8 Å². The minimum absolute atomic E-state index is 0. The largest absolute Gasteiger partial charge is 0.319 e. The van der Waals surface area contributed by atoms with Gasteiger partial charge in [-0.3, -0.25) is 0 Å². The molecule has 2 aromatic heterocycles. The average molecular weight is 931 g/mol. The van der Waals surface area contributed by atoms with Gasteiger partial charge in [0, 0.05) is 43.9 Å². The minimum atomic E-state index is -0.738. The van der Waals surface area contributed by atoms with Crippen LogP contribution in [0.3, 0.4) is 0 Å². The van der Waals surface area contributed by atoms with Gasteiger partial charge >= 0.3 is 0 Å². The van der Waals surface area contributed by atoms with Crippen molar-refractivity contribution < 1.29 is 26.0 Å². The zero-order chi connectivity index (χ0) is 38.3. The molecule has 1 N–H and O–H groups in total. The van der Waals surface area contributed by atoms with E-state index >= 15 is 0 Å². The van der Waals surface area contributed by atoms with Crippen LogP contribution in [0.2, 0.25) is 0 Å². The van der Waals surface area contributed by atoms with Crippen molar-refractivity contribution in [3.05, 3.63) is 216 Å². The third kappa shape index (κ3) is 5.34. The zero-order valence-electron chi connectivity index (χ0n) is 32.3. The number of fused-ring (bicyclic) bond motifs is 7. The van der Waals surface area contributed by atoms with Crippen LogP contribution in [0.4, 0.5) is 22.7 Å². The van der Waals surface area contributed by atoms with Crippen molar-refractivity contribution in [2.24, 2.45) is 0 Å². The van der Waals surface area contributed by atoms with Crippen molar-refractivity contribution >= 4 is 44.6 Å². The average Bonchev–Trinajstić information content (AvgIpc) is 3.91. The number of rotatable bonds is 5. The summed E-state index contributed by atoms with van der Waals surface area (Å²) in [5.74, 6) is 0.883. The molecule has 0 atom stereocenters. The maximum absolute atomic E-state index is 5.20. The molecule has 1 aliphatic heterocycles. The van der Waals surface area contributed by atoms with Crippen LogP contribution < -0.4 is 10.1 Å². The van der Waals surface area contributed by atoms with Crippen LogP contribution in [0.5, 0.6) is 0 Å². The van der Waals surface area contributed by atoms with Crippen LogP contribution in [0.15, 0.2) is 176 Å². The van der Waals surface area contributed by atoms with E-state index in [9.17, 15) is 0 Å². The van der Waals surface area contributed by atoms with Crippen molar-refractivity contribution in [2.75, 3.05) is 10.1 Å². The molecule has 6 heteroatoms. The summed E-state index contributed by atoms with van der Waals surface area (Å²) >= 11 is 0. The predicted octanol–water partition coefficient (Wildman–Crippen LogP) is 12.6. The van der Waals surface area contributed by atoms with Crippen molar-refractivity contribution in [2.45, 2.75) is 31.6 Å². The van der Waals surface area contributed by atoms with E-state index in [-0.39, 0.29) is 26.5 Å². The van der Waals surface area contributed by atoms with Crippen molar-refractivity contribution in [3.8, 4) is 16.9 Å². The second-order valence-electron chi connectivity index (χ2n) is 16.0. The zero-order valence-corrected chi connectivity index (χ0v) is 34.6. The normalized spacial score (nSPS) is 14.0. The molecule has 2 aliphatic rings. The molecule has 0 fully saturated rings. The fourth-order valence-electron chi connectivity index (χ4n) is 9.06. The van der Waals surface area contributed by atoms with Gasteiger partial charge in [-0.2, -0.15) is 35.3 Å². The fraction of sp³-hybridized carbons (Fsp3) is 0.0962. The topological polar surface area (TPSA) is 37.1 Å². The summed E-state index contributed by atoms with van der Waals surface area (Å²) in [6.07, 6.45) is 1.94. The molecule has 9 aromatic rings. The summed E-state index contributed by atoms with van der Waals surface area (Å²) < 4.78 is 2.29. The summed E-state index contributed by atoms with van der Waals surface area (Å²) in [6.45, 7) is 6.75. The first-order chi connectivity index (χ1) is 27.9. The first kappa shape index (κ1) is 36.1. The van der Waals surface area contributed by atoms with Gasteiger partial charge in [-0.15, -0.1) is 33.7 Å². The monoisotopic (exact) mass is 930 g/mol. The van der Waals surface area contributed by atoms with Gasteiger partial charge in [0.1, 0.15) is 22.9 Å². The summed E-state index contributed by atoms with van der Waals surface area (Å²) in [4.78, 5) is 10.2. The van der Waals surface area contributed by atoms with E-state index in [2.05, 4.69) is 189 Å². The fourth-order valence-corrected chi connectivity index (χ4v) is 9.06. The molecule has 0 spiro atoms. The number of hydrogen-bond acceptors (Lipinski definition) is 3. The number of hydrogen-bond donors (Lipinski definition) is 0.